The molecule has 0 atom stereocenters. The van der Waals surface area contributed by atoms with Gasteiger partial charge in [0, 0.05) is 12.6 Å². The lowest BCUT2D eigenvalue weighted by atomic mass is 10.4. The van der Waals surface area contributed by atoms with Crippen molar-refractivity contribution in [2.75, 3.05) is 12.0 Å². The zero-order valence-corrected chi connectivity index (χ0v) is 11.2. The molecule has 1 heterocycles. The minimum atomic E-state index is -4.51. The number of halogens is 3. The van der Waals surface area contributed by atoms with Gasteiger partial charge in [-0.1, -0.05) is 11.3 Å². The van der Waals surface area contributed by atoms with Crippen LogP contribution < -0.4 is 16.0 Å². The summed E-state index contributed by atoms with van der Waals surface area (Å²) in [5, 5.41) is 10.4. The zero-order chi connectivity index (χ0) is 15.6. The number of hydrogen-bond acceptors (Lipinski definition) is 7. The van der Waals surface area contributed by atoms with Crippen molar-refractivity contribution >= 4 is 32.0 Å². The Kier molecular flexibility index (Phi) is 4.90. The number of nitrogens with zero attached hydrogens (tertiary/aromatic N) is 1. The molecule has 0 amide bonds. The summed E-state index contributed by atoms with van der Waals surface area (Å²) in [5.74, 6) is 4.99. The van der Waals surface area contributed by atoms with Gasteiger partial charge in [-0.25, -0.2) is 19.0 Å². The standard InChI is InChI=1S/C7H9F3N4O4S2/c8-7(9,10)1-2-12-20(17,18)5-3-4(14(15)16)6(13-11)19-5/h3,12-13H,1-2,11H2. The van der Waals surface area contributed by atoms with Gasteiger partial charge in [0.1, 0.15) is 4.21 Å². The molecule has 0 aliphatic heterocycles. The number of nitrogens with two attached hydrogens (primary N) is 1. The molecule has 4 N–H and O–H groups in total. The highest BCUT2D eigenvalue weighted by atomic mass is 32.2. The molecular formula is C7H9F3N4O4S2. The molecule has 0 aliphatic rings. The Balaban J connectivity index is 2.90. The van der Waals surface area contributed by atoms with Crippen LogP contribution in [-0.2, 0) is 10.0 Å². The molecule has 13 heteroatoms. The number of rotatable bonds is 6. The van der Waals surface area contributed by atoms with E-state index in [9.17, 15) is 31.7 Å². The average molecular weight is 334 g/mol. The molecule has 0 aromatic carbocycles. The van der Waals surface area contributed by atoms with Crippen molar-refractivity contribution in [2.45, 2.75) is 16.8 Å². The molecule has 0 fully saturated rings. The van der Waals surface area contributed by atoms with Crippen molar-refractivity contribution in [3.05, 3.63) is 16.2 Å². The summed E-state index contributed by atoms with van der Waals surface area (Å²) >= 11 is 0.443. The number of nitrogens with one attached hydrogen (secondary N) is 2. The molecule has 0 aliphatic carbocycles. The van der Waals surface area contributed by atoms with E-state index in [-0.39, 0.29) is 5.00 Å². The minimum Gasteiger partial charge on any atom is -0.310 e. The number of thiophene rings is 1. The van der Waals surface area contributed by atoms with Gasteiger partial charge < -0.3 is 5.43 Å². The molecule has 1 rings (SSSR count). The maximum absolute atomic E-state index is 11.9. The third-order valence-corrected chi connectivity index (χ3v) is 4.97. The lowest BCUT2D eigenvalue weighted by molar-refractivity contribution is -0.383. The monoisotopic (exact) mass is 334 g/mol. The van der Waals surface area contributed by atoms with E-state index >= 15 is 0 Å². The molecule has 1 aromatic heterocycles. The molecule has 20 heavy (non-hydrogen) atoms. The highest BCUT2D eigenvalue weighted by Gasteiger charge is 2.29. The Morgan fingerprint density at radius 3 is 2.45 bits per heavy atom. The van der Waals surface area contributed by atoms with E-state index in [0.717, 1.165) is 6.07 Å². The maximum Gasteiger partial charge on any atom is 0.390 e. The van der Waals surface area contributed by atoms with Crippen LogP contribution in [0.25, 0.3) is 0 Å². The lowest BCUT2D eigenvalue weighted by Crippen LogP contribution is -2.27. The molecule has 0 saturated carbocycles. The van der Waals surface area contributed by atoms with E-state index in [1.165, 1.54) is 0 Å². The maximum atomic E-state index is 11.9. The van der Waals surface area contributed by atoms with Gasteiger partial charge in [0.15, 0.2) is 5.00 Å². The number of hydrazine groups is 1. The molecule has 1 aromatic rings. The number of nitrogen functional groups attached to an aromatic ring is 1. The van der Waals surface area contributed by atoms with Gasteiger partial charge in [0.2, 0.25) is 10.0 Å². The van der Waals surface area contributed by atoms with Crippen LogP contribution in [0.1, 0.15) is 6.42 Å². The second-order valence-corrected chi connectivity index (χ2v) is 6.49. The van der Waals surface area contributed by atoms with E-state index in [2.05, 4.69) is 0 Å². The van der Waals surface area contributed by atoms with Crippen LogP contribution in [0.2, 0.25) is 0 Å². The number of anilines is 1. The summed E-state index contributed by atoms with van der Waals surface area (Å²) in [6.07, 6.45) is -5.85. The van der Waals surface area contributed by atoms with Gasteiger partial charge in [0.05, 0.1) is 11.3 Å². The van der Waals surface area contributed by atoms with Crippen molar-refractivity contribution in [1.29, 1.82) is 0 Å². The molecule has 0 radical (unpaired) electrons. The third-order valence-electron chi connectivity index (χ3n) is 1.98. The van der Waals surface area contributed by atoms with Gasteiger partial charge >= 0.3 is 11.9 Å². The van der Waals surface area contributed by atoms with Crippen molar-refractivity contribution in [3.63, 3.8) is 0 Å². The van der Waals surface area contributed by atoms with E-state index in [4.69, 9.17) is 5.84 Å². The van der Waals surface area contributed by atoms with Crippen molar-refractivity contribution in [1.82, 2.24) is 4.72 Å². The number of sulfonamides is 1. The fourth-order valence-electron chi connectivity index (χ4n) is 1.13. The highest BCUT2D eigenvalue weighted by molar-refractivity contribution is 7.91. The Labute approximate surface area is 114 Å². The van der Waals surface area contributed by atoms with Crippen molar-refractivity contribution < 1.29 is 26.5 Å². The summed E-state index contributed by atoms with van der Waals surface area (Å²) < 4.78 is 60.3. The van der Waals surface area contributed by atoms with Crippen LogP contribution in [0.15, 0.2) is 10.3 Å². The Bertz CT molecular complexity index is 598. The number of nitro groups is 1. The van der Waals surface area contributed by atoms with E-state index < -0.39 is 44.0 Å². The van der Waals surface area contributed by atoms with Crippen LogP contribution in [0.3, 0.4) is 0 Å². The molecule has 114 valence electrons. The third kappa shape index (κ3) is 4.29. The minimum absolute atomic E-state index is 0.216. The lowest BCUT2D eigenvalue weighted by Gasteiger charge is -2.07. The largest absolute Gasteiger partial charge is 0.390 e. The second kappa shape index (κ2) is 5.90. The quantitative estimate of drug-likeness (QED) is 0.407. The first-order chi connectivity index (χ1) is 9.07. The normalized spacial score (nSPS) is 12.4. The Morgan fingerprint density at radius 2 is 2.05 bits per heavy atom. The summed E-state index contributed by atoms with van der Waals surface area (Å²) in [5.41, 5.74) is 1.38. The number of alkyl halides is 3. The fraction of sp³-hybridized carbons (Fsp3) is 0.429. The smallest absolute Gasteiger partial charge is 0.310 e. The van der Waals surface area contributed by atoms with Crippen LogP contribution in [0.4, 0.5) is 23.9 Å². The predicted octanol–water partition coefficient (Wildman–Crippen LogP) is 1.17. The fourth-order valence-corrected chi connectivity index (χ4v) is 3.44. The van der Waals surface area contributed by atoms with E-state index in [0.29, 0.717) is 11.3 Å². The topological polar surface area (TPSA) is 127 Å². The van der Waals surface area contributed by atoms with Crippen molar-refractivity contribution in [3.8, 4) is 0 Å². The molecule has 0 saturated heterocycles. The van der Waals surface area contributed by atoms with Gasteiger partial charge in [0.25, 0.3) is 0 Å². The van der Waals surface area contributed by atoms with Crippen LogP contribution in [0, 0.1) is 10.1 Å². The van der Waals surface area contributed by atoms with E-state index in [1.807, 2.05) is 5.43 Å². The first kappa shape index (κ1) is 16.6. The Hall–Kier alpha value is -1.44. The summed E-state index contributed by atoms with van der Waals surface area (Å²) in [6.45, 7) is -0.858. The first-order valence-electron chi connectivity index (χ1n) is 4.88. The molecule has 0 bridgehead atoms. The average Bonchev–Trinajstić information content (AvgIpc) is 2.71. The molecule has 0 spiro atoms. The summed E-state index contributed by atoms with van der Waals surface area (Å²) in [7, 11) is -4.26. The van der Waals surface area contributed by atoms with Gasteiger partial charge in [-0.2, -0.15) is 13.2 Å². The van der Waals surface area contributed by atoms with E-state index in [1.54, 1.807) is 4.72 Å². The molecule has 8 nitrogen and oxygen atoms in total. The van der Waals surface area contributed by atoms with Crippen LogP contribution in [-0.4, -0.2) is 26.1 Å². The van der Waals surface area contributed by atoms with Crippen LogP contribution >= 0.6 is 11.3 Å². The second-order valence-electron chi connectivity index (χ2n) is 3.44. The van der Waals surface area contributed by atoms with Gasteiger partial charge in [-0.3, -0.25) is 10.1 Å². The highest BCUT2D eigenvalue weighted by Crippen LogP contribution is 2.36. The predicted molar refractivity (Wildman–Crippen MR) is 64.6 cm³/mol. The first-order valence-corrected chi connectivity index (χ1v) is 7.18. The van der Waals surface area contributed by atoms with Crippen LogP contribution in [0.5, 0.6) is 0 Å². The number of hydrogen-bond donors (Lipinski definition) is 3. The zero-order valence-electron chi connectivity index (χ0n) is 9.60. The molecule has 0 unspecified atom stereocenters. The summed E-state index contributed by atoms with van der Waals surface area (Å²) in [6, 6.07) is 0.718. The molecular weight excluding hydrogens is 325 g/mol. The van der Waals surface area contributed by atoms with Gasteiger partial charge in [-0.15, -0.1) is 0 Å². The van der Waals surface area contributed by atoms with Gasteiger partial charge in [-0.05, 0) is 0 Å². The SMILES string of the molecule is NNc1sc(S(=O)(=O)NCCC(F)(F)F)cc1[N+](=O)[O-]. The Morgan fingerprint density at radius 1 is 1.45 bits per heavy atom. The van der Waals surface area contributed by atoms with Crippen molar-refractivity contribution in [2.24, 2.45) is 5.84 Å². The summed E-state index contributed by atoms with van der Waals surface area (Å²) in [4.78, 5) is 9.76.